The number of amides is 1. The number of hydrogen-bond donors (Lipinski definition) is 1. The molecule has 0 unspecified atom stereocenters. The van der Waals surface area contributed by atoms with E-state index < -0.39 is 0 Å². The third-order valence-electron chi connectivity index (χ3n) is 6.73. The molecule has 0 rings (SSSR count). The van der Waals surface area contributed by atoms with Crippen molar-refractivity contribution in [3.8, 4) is 0 Å². The Hall–Kier alpha value is -0.570. The molecule has 0 aromatic carbocycles. The van der Waals surface area contributed by atoms with E-state index in [0.29, 0.717) is 6.42 Å². The summed E-state index contributed by atoms with van der Waals surface area (Å²) in [6.45, 7) is 11.1. The molecule has 0 aliphatic heterocycles. The van der Waals surface area contributed by atoms with Crippen LogP contribution in [0.3, 0.4) is 0 Å². The largest absolute Gasteiger partial charge is 0.356 e. The van der Waals surface area contributed by atoms with Crippen LogP contribution in [0, 0.1) is 0 Å². The van der Waals surface area contributed by atoms with Crippen molar-refractivity contribution in [2.45, 2.75) is 130 Å². The molecular weight excluding hydrogens is 356 g/mol. The molecule has 0 saturated heterocycles. The molecule has 0 aromatic heterocycles. The van der Waals surface area contributed by atoms with Crippen molar-refractivity contribution in [3.63, 3.8) is 0 Å². The Bertz CT molecular complexity index is 353. The van der Waals surface area contributed by atoms with Crippen LogP contribution in [0.25, 0.3) is 0 Å². The third-order valence-corrected chi connectivity index (χ3v) is 6.73. The van der Waals surface area contributed by atoms with Gasteiger partial charge < -0.3 is 9.80 Å². The van der Waals surface area contributed by atoms with Crippen LogP contribution in [0.5, 0.6) is 0 Å². The van der Waals surface area contributed by atoms with Gasteiger partial charge in [-0.2, -0.15) is 0 Å². The molecular formula is C26H55N2O+. The number of rotatable bonds is 22. The van der Waals surface area contributed by atoms with Gasteiger partial charge in [0.2, 0.25) is 5.91 Å². The van der Waals surface area contributed by atoms with Crippen LogP contribution in [0.2, 0.25) is 0 Å². The number of carbonyl (C=O) groups excluding carboxylic acids is 1. The zero-order chi connectivity index (χ0) is 21.6. The summed E-state index contributed by atoms with van der Waals surface area (Å²) in [6.07, 6.45) is 22.4. The van der Waals surface area contributed by atoms with Crippen molar-refractivity contribution in [3.05, 3.63) is 0 Å². The lowest BCUT2D eigenvalue weighted by Gasteiger charge is -2.32. The highest BCUT2D eigenvalue weighted by molar-refractivity contribution is 5.75. The molecule has 3 nitrogen and oxygen atoms in total. The van der Waals surface area contributed by atoms with Crippen molar-refractivity contribution in [2.24, 2.45) is 0 Å². The van der Waals surface area contributed by atoms with Crippen molar-refractivity contribution in [2.75, 3.05) is 33.2 Å². The summed E-state index contributed by atoms with van der Waals surface area (Å²) in [6, 6.07) is 0. The Kier molecular flexibility index (Phi) is 20.3. The van der Waals surface area contributed by atoms with Gasteiger partial charge in [0.05, 0.1) is 26.7 Å². The Morgan fingerprint density at radius 2 is 1.03 bits per heavy atom. The van der Waals surface area contributed by atoms with Crippen molar-refractivity contribution < 1.29 is 9.28 Å². The predicted molar refractivity (Wildman–Crippen MR) is 129 cm³/mol. The van der Waals surface area contributed by atoms with Crippen LogP contribution < -0.4 is 5.32 Å². The van der Waals surface area contributed by atoms with Crippen molar-refractivity contribution in [1.82, 2.24) is 5.32 Å². The van der Waals surface area contributed by atoms with Crippen LogP contribution in [-0.4, -0.2) is 43.6 Å². The molecule has 0 radical (unpaired) electrons. The highest BCUT2D eigenvalue weighted by atomic mass is 16.1. The van der Waals surface area contributed by atoms with Crippen molar-refractivity contribution in [1.29, 1.82) is 0 Å². The smallest absolute Gasteiger partial charge is 0.219 e. The zero-order valence-corrected chi connectivity index (χ0v) is 20.7. The first kappa shape index (κ1) is 28.4. The molecule has 0 aliphatic carbocycles. The minimum atomic E-state index is 0.252. The summed E-state index contributed by atoms with van der Waals surface area (Å²) in [7, 11) is 2.30. The molecule has 1 amide bonds. The topological polar surface area (TPSA) is 29.1 Å². The summed E-state index contributed by atoms with van der Waals surface area (Å²) < 4.78 is 1.11. The first-order chi connectivity index (χ1) is 14.1. The second kappa shape index (κ2) is 20.7. The fraction of sp³-hybridized carbons (Fsp3) is 0.962. The van der Waals surface area contributed by atoms with E-state index in [-0.39, 0.29) is 5.91 Å². The number of nitrogens with zero attached hydrogens (tertiary/aromatic N) is 1. The highest BCUT2D eigenvalue weighted by Crippen LogP contribution is 2.13. The van der Waals surface area contributed by atoms with Crippen LogP contribution in [0.15, 0.2) is 0 Å². The molecule has 29 heavy (non-hydrogen) atoms. The second-order valence-corrected chi connectivity index (χ2v) is 9.38. The molecule has 0 aromatic rings. The van der Waals surface area contributed by atoms with Gasteiger partial charge in [-0.25, -0.2) is 0 Å². The summed E-state index contributed by atoms with van der Waals surface area (Å²) in [5, 5.41) is 3.10. The molecule has 3 heteroatoms. The molecule has 0 fully saturated rings. The predicted octanol–water partition coefficient (Wildman–Crippen LogP) is 7.24. The minimum absolute atomic E-state index is 0.252. The van der Waals surface area contributed by atoms with Gasteiger partial charge in [0, 0.05) is 19.4 Å². The summed E-state index contributed by atoms with van der Waals surface area (Å²) >= 11 is 0. The third kappa shape index (κ3) is 19.2. The number of unbranched alkanes of at least 4 members (excludes halogenated alkanes) is 14. The van der Waals surface area contributed by atoms with Gasteiger partial charge in [-0.15, -0.1) is 0 Å². The lowest BCUT2D eigenvalue weighted by atomic mass is 10.0. The van der Waals surface area contributed by atoms with E-state index in [2.05, 4.69) is 33.1 Å². The zero-order valence-electron chi connectivity index (χ0n) is 20.7. The fourth-order valence-corrected chi connectivity index (χ4v) is 3.97. The SMILES string of the molecule is CCCCCCCCCCCCCCCCCC(=O)NCCC[N+](C)(CC)CC. The lowest BCUT2D eigenvalue weighted by Crippen LogP contribution is -2.45. The normalized spacial score (nSPS) is 11.7. The highest BCUT2D eigenvalue weighted by Gasteiger charge is 2.15. The molecule has 1 N–H and O–H groups in total. The number of quaternary nitrogens is 1. The second-order valence-electron chi connectivity index (χ2n) is 9.38. The van der Waals surface area contributed by atoms with Gasteiger partial charge in [0.15, 0.2) is 0 Å². The van der Waals surface area contributed by atoms with Crippen molar-refractivity contribution >= 4 is 5.91 Å². The van der Waals surface area contributed by atoms with E-state index in [1.807, 2.05) is 0 Å². The first-order valence-corrected chi connectivity index (χ1v) is 13.2. The van der Waals surface area contributed by atoms with E-state index in [4.69, 9.17) is 0 Å². The molecule has 0 atom stereocenters. The Morgan fingerprint density at radius 1 is 0.621 bits per heavy atom. The maximum Gasteiger partial charge on any atom is 0.219 e. The molecule has 0 aliphatic rings. The average Bonchev–Trinajstić information content (AvgIpc) is 2.73. The van der Waals surface area contributed by atoms with E-state index in [9.17, 15) is 4.79 Å². The average molecular weight is 412 g/mol. The summed E-state index contributed by atoms with van der Waals surface area (Å²) in [5.41, 5.74) is 0. The van der Waals surface area contributed by atoms with E-state index in [1.54, 1.807) is 0 Å². The number of nitrogens with one attached hydrogen (secondary N) is 1. The van der Waals surface area contributed by atoms with Crippen LogP contribution in [0.1, 0.15) is 130 Å². The monoisotopic (exact) mass is 411 g/mol. The fourth-order valence-electron chi connectivity index (χ4n) is 3.97. The molecule has 0 bridgehead atoms. The Balaban J connectivity index is 3.27. The Labute approximate surface area is 184 Å². The Morgan fingerprint density at radius 3 is 1.45 bits per heavy atom. The minimum Gasteiger partial charge on any atom is -0.356 e. The van der Waals surface area contributed by atoms with E-state index in [1.165, 1.54) is 103 Å². The molecule has 174 valence electrons. The van der Waals surface area contributed by atoms with E-state index in [0.717, 1.165) is 30.4 Å². The molecule has 0 spiro atoms. The van der Waals surface area contributed by atoms with Gasteiger partial charge in [-0.05, 0) is 20.3 Å². The van der Waals surface area contributed by atoms with Crippen LogP contribution in [0.4, 0.5) is 0 Å². The van der Waals surface area contributed by atoms with Crippen LogP contribution >= 0.6 is 0 Å². The van der Waals surface area contributed by atoms with Gasteiger partial charge in [0.1, 0.15) is 0 Å². The first-order valence-electron chi connectivity index (χ1n) is 13.2. The maximum atomic E-state index is 11.9. The van der Waals surface area contributed by atoms with Gasteiger partial charge in [-0.3, -0.25) is 4.79 Å². The molecule has 0 heterocycles. The molecule has 0 saturated carbocycles. The van der Waals surface area contributed by atoms with Gasteiger partial charge in [-0.1, -0.05) is 96.8 Å². The van der Waals surface area contributed by atoms with Crippen LogP contribution in [-0.2, 0) is 4.79 Å². The summed E-state index contributed by atoms with van der Waals surface area (Å²) in [4.78, 5) is 11.9. The number of carbonyl (C=O) groups is 1. The van der Waals surface area contributed by atoms with Gasteiger partial charge in [0.25, 0.3) is 0 Å². The van der Waals surface area contributed by atoms with Gasteiger partial charge >= 0.3 is 0 Å². The van der Waals surface area contributed by atoms with E-state index >= 15 is 0 Å². The quantitative estimate of drug-likeness (QED) is 0.148. The number of hydrogen-bond acceptors (Lipinski definition) is 1. The standard InChI is InChI=1S/C26H54N2O/c1-5-8-9-10-11-12-13-14-15-16-17-18-19-20-21-23-26(29)27-24-22-25-28(4,6-2)7-3/h5-25H2,1-4H3/p+1. The summed E-state index contributed by atoms with van der Waals surface area (Å²) in [5.74, 6) is 0.252. The maximum absolute atomic E-state index is 11.9. The lowest BCUT2D eigenvalue weighted by molar-refractivity contribution is -0.906.